The van der Waals surface area contributed by atoms with E-state index in [9.17, 15) is 0 Å². The minimum atomic E-state index is 0.227. The third-order valence-electron chi connectivity index (χ3n) is 9.43. The minimum absolute atomic E-state index is 0.227. The lowest BCUT2D eigenvalue weighted by Gasteiger charge is -2.65. The van der Waals surface area contributed by atoms with E-state index in [1.54, 1.807) is 0 Å². The molecule has 0 aromatic carbocycles. The normalized spacial score (nSPS) is 52.1. The zero-order chi connectivity index (χ0) is 18.0. The fourth-order valence-electron chi connectivity index (χ4n) is 7.98. The molecule has 0 amide bonds. The van der Waals surface area contributed by atoms with E-state index >= 15 is 0 Å². The predicted molar refractivity (Wildman–Crippen MR) is 108 cm³/mol. The van der Waals surface area contributed by atoms with Crippen LogP contribution in [0.2, 0.25) is 0 Å². The predicted octanol–water partition coefficient (Wildman–Crippen LogP) is 7.11. The van der Waals surface area contributed by atoms with Gasteiger partial charge in [-0.3, -0.25) is 0 Å². The van der Waals surface area contributed by atoms with Crippen molar-refractivity contribution in [3.8, 4) is 0 Å². The highest BCUT2D eigenvalue weighted by Gasteiger charge is 2.63. The summed E-state index contributed by atoms with van der Waals surface area (Å²) < 4.78 is 0. The van der Waals surface area contributed by atoms with E-state index in [2.05, 4.69) is 52.3 Å². The molecular weight excluding hydrogens is 300 g/mol. The molecule has 4 rings (SSSR count). The first-order valence-corrected chi connectivity index (χ1v) is 10.4. The molecule has 0 aliphatic heterocycles. The summed E-state index contributed by atoms with van der Waals surface area (Å²) in [5.74, 6) is 3.16. The standard InChI is InChI=1S/C25H36/c1-7-23(5)16-19-20(24(6)13-11-17(3)15-22(23)24)12-14-25(8-2)18(4)9-10-21(19)25/h7-8,19-22H,1-4,9-16H2,5-6H3. The molecule has 7 unspecified atom stereocenters. The van der Waals surface area contributed by atoms with Gasteiger partial charge in [0.2, 0.25) is 0 Å². The maximum Gasteiger partial charge on any atom is 0.0117 e. The maximum atomic E-state index is 4.48. The molecule has 0 aromatic heterocycles. The number of hydrogen-bond acceptors (Lipinski definition) is 0. The largest absolute Gasteiger partial charge is 0.103 e. The van der Waals surface area contributed by atoms with Crippen LogP contribution in [0.3, 0.4) is 0 Å². The Bertz CT molecular complexity index is 638. The maximum absolute atomic E-state index is 4.48. The number of hydrogen-bond donors (Lipinski definition) is 0. The topological polar surface area (TPSA) is 0 Å². The van der Waals surface area contributed by atoms with Crippen LogP contribution in [0.4, 0.5) is 0 Å². The van der Waals surface area contributed by atoms with Gasteiger partial charge in [-0.15, -0.1) is 13.2 Å². The van der Waals surface area contributed by atoms with Gasteiger partial charge in [0.1, 0.15) is 0 Å². The van der Waals surface area contributed by atoms with Crippen molar-refractivity contribution in [3.63, 3.8) is 0 Å². The molecular formula is C25H36. The first-order valence-electron chi connectivity index (χ1n) is 10.4. The van der Waals surface area contributed by atoms with Crippen molar-refractivity contribution >= 4 is 0 Å². The lowest BCUT2D eigenvalue weighted by Crippen LogP contribution is -2.57. The minimum Gasteiger partial charge on any atom is -0.103 e. The van der Waals surface area contributed by atoms with Gasteiger partial charge >= 0.3 is 0 Å². The third-order valence-corrected chi connectivity index (χ3v) is 9.43. The quantitative estimate of drug-likeness (QED) is 0.471. The Kier molecular flexibility index (Phi) is 3.81. The van der Waals surface area contributed by atoms with Gasteiger partial charge in [-0.05, 0) is 85.9 Å². The molecule has 7 atom stereocenters. The van der Waals surface area contributed by atoms with Gasteiger partial charge in [-0.25, -0.2) is 0 Å². The van der Waals surface area contributed by atoms with Crippen LogP contribution in [0.5, 0.6) is 0 Å². The van der Waals surface area contributed by atoms with E-state index in [0.717, 1.165) is 23.7 Å². The van der Waals surface area contributed by atoms with Gasteiger partial charge in [-0.1, -0.05) is 50.3 Å². The Labute approximate surface area is 155 Å². The van der Waals surface area contributed by atoms with Gasteiger partial charge in [0, 0.05) is 5.41 Å². The van der Waals surface area contributed by atoms with E-state index in [1.807, 2.05) is 0 Å². The molecule has 4 aliphatic carbocycles. The first kappa shape index (κ1) is 17.4. The van der Waals surface area contributed by atoms with Crippen molar-refractivity contribution < 1.29 is 0 Å². The van der Waals surface area contributed by atoms with E-state index in [4.69, 9.17) is 0 Å². The zero-order valence-corrected chi connectivity index (χ0v) is 16.4. The van der Waals surface area contributed by atoms with E-state index in [0.29, 0.717) is 5.41 Å². The Morgan fingerprint density at radius 1 is 0.960 bits per heavy atom. The molecule has 4 aliphatic rings. The fourth-order valence-corrected chi connectivity index (χ4v) is 7.98. The molecule has 0 aromatic rings. The Hall–Kier alpha value is -1.04. The van der Waals surface area contributed by atoms with E-state index in [-0.39, 0.29) is 10.8 Å². The SMILES string of the molecule is C=CC1(C)CC2C3CCC(=C)C3(C=C)CCC2C2(C)CCC(=C)CC12. The molecule has 0 heteroatoms. The molecule has 0 bridgehead atoms. The van der Waals surface area contributed by atoms with Crippen molar-refractivity contribution in [1.29, 1.82) is 0 Å². The second-order valence-electron chi connectivity index (χ2n) is 10.2. The molecule has 25 heavy (non-hydrogen) atoms. The molecule has 0 heterocycles. The summed E-state index contributed by atoms with van der Waals surface area (Å²) in [5.41, 5.74) is 3.86. The summed E-state index contributed by atoms with van der Waals surface area (Å²) in [6, 6.07) is 0. The monoisotopic (exact) mass is 336 g/mol. The zero-order valence-electron chi connectivity index (χ0n) is 16.4. The third kappa shape index (κ3) is 2.12. The van der Waals surface area contributed by atoms with Crippen molar-refractivity contribution in [3.05, 3.63) is 49.6 Å². The van der Waals surface area contributed by atoms with Crippen molar-refractivity contribution in [2.75, 3.05) is 0 Å². The molecule has 0 radical (unpaired) electrons. The highest BCUT2D eigenvalue weighted by atomic mass is 14.7. The van der Waals surface area contributed by atoms with Crippen LogP contribution >= 0.6 is 0 Å². The molecule has 0 spiro atoms. The molecule has 0 nitrogen and oxygen atoms in total. The Balaban J connectivity index is 1.78. The fraction of sp³-hybridized carbons (Fsp3) is 0.680. The van der Waals surface area contributed by atoms with Gasteiger partial charge < -0.3 is 0 Å². The second kappa shape index (κ2) is 5.48. The average molecular weight is 337 g/mol. The van der Waals surface area contributed by atoms with Crippen LogP contribution in [0, 0.1) is 39.9 Å². The number of fused-ring (bicyclic) bond motifs is 5. The summed E-state index contributed by atoms with van der Waals surface area (Å²) >= 11 is 0. The van der Waals surface area contributed by atoms with Crippen molar-refractivity contribution in [2.24, 2.45) is 39.9 Å². The van der Waals surface area contributed by atoms with Crippen LogP contribution < -0.4 is 0 Å². The smallest absolute Gasteiger partial charge is 0.0117 e. The van der Waals surface area contributed by atoms with Gasteiger partial charge in [0.15, 0.2) is 0 Å². The summed E-state index contributed by atoms with van der Waals surface area (Å²) in [6.45, 7) is 22.5. The van der Waals surface area contributed by atoms with Crippen LogP contribution in [-0.4, -0.2) is 0 Å². The van der Waals surface area contributed by atoms with Crippen LogP contribution in [0.15, 0.2) is 49.6 Å². The molecule has 136 valence electrons. The molecule has 0 saturated heterocycles. The first-order chi connectivity index (χ1) is 11.8. The van der Waals surface area contributed by atoms with E-state index < -0.39 is 0 Å². The highest BCUT2D eigenvalue weighted by Crippen LogP contribution is 2.71. The van der Waals surface area contributed by atoms with Gasteiger partial charge in [-0.2, -0.15) is 0 Å². The lowest BCUT2D eigenvalue weighted by molar-refractivity contribution is -0.132. The molecule has 0 N–H and O–H groups in total. The Morgan fingerprint density at radius 2 is 1.72 bits per heavy atom. The average Bonchev–Trinajstić information content (AvgIpc) is 2.94. The number of allylic oxidation sites excluding steroid dienone is 4. The van der Waals surface area contributed by atoms with Crippen molar-refractivity contribution in [2.45, 2.75) is 65.2 Å². The highest BCUT2D eigenvalue weighted by molar-refractivity contribution is 5.30. The van der Waals surface area contributed by atoms with Crippen LogP contribution in [0.1, 0.15) is 65.2 Å². The van der Waals surface area contributed by atoms with Crippen LogP contribution in [-0.2, 0) is 0 Å². The summed E-state index contributed by atoms with van der Waals surface area (Å²) in [7, 11) is 0. The van der Waals surface area contributed by atoms with Crippen molar-refractivity contribution in [1.82, 2.24) is 0 Å². The van der Waals surface area contributed by atoms with Gasteiger partial charge in [0.05, 0.1) is 0 Å². The summed E-state index contributed by atoms with van der Waals surface area (Å²) in [5, 5.41) is 0. The summed E-state index contributed by atoms with van der Waals surface area (Å²) in [6.07, 6.45) is 14.9. The summed E-state index contributed by atoms with van der Waals surface area (Å²) in [4.78, 5) is 0. The molecule has 4 saturated carbocycles. The number of rotatable bonds is 2. The molecule has 4 fully saturated rings. The Morgan fingerprint density at radius 3 is 2.40 bits per heavy atom. The second-order valence-corrected chi connectivity index (χ2v) is 10.2. The van der Waals surface area contributed by atoms with Crippen LogP contribution in [0.25, 0.3) is 0 Å². The lowest BCUT2D eigenvalue weighted by atomic mass is 9.39. The van der Waals surface area contributed by atoms with E-state index in [1.165, 1.54) is 62.5 Å². The van der Waals surface area contributed by atoms with Gasteiger partial charge in [0.25, 0.3) is 0 Å².